The number of hydrogen-bond acceptors (Lipinski definition) is 7. The molecule has 7 nitrogen and oxygen atoms in total. The summed E-state index contributed by atoms with van der Waals surface area (Å²) in [6.45, 7) is 1.02. The van der Waals surface area contributed by atoms with Gasteiger partial charge in [0.2, 0.25) is 11.2 Å². The van der Waals surface area contributed by atoms with Gasteiger partial charge in [-0.15, -0.1) is 0 Å². The average Bonchev–Trinajstić information content (AvgIpc) is 2.95. The standard InChI is InChI=1S/C29H26F3NO6/c1-35-21-7-5-4-6-18(21)25-26(34)19-9-11-22-20(27(19)39-28(25)29(30,31)32)15-33(16-38-22)13-12-17-8-10-23(36-2)24(14-17)37-3/h4-11,14H,12-13,15-16H2,1-3H3. The van der Waals surface area contributed by atoms with Crippen molar-refractivity contribution in [3.63, 3.8) is 0 Å². The summed E-state index contributed by atoms with van der Waals surface area (Å²) in [5.74, 6) is 0.364. The summed E-state index contributed by atoms with van der Waals surface area (Å²) in [6.07, 6.45) is -4.30. The van der Waals surface area contributed by atoms with E-state index in [0.717, 1.165) is 5.56 Å². The first-order valence-corrected chi connectivity index (χ1v) is 12.1. The third kappa shape index (κ3) is 4.99. The van der Waals surface area contributed by atoms with E-state index in [1.54, 1.807) is 32.4 Å². The molecule has 0 bridgehead atoms. The number of benzene rings is 3. The largest absolute Gasteiger partial charge is 0.496 e. The fourth-order valence-electron chi connectivity index (χ4n) is 4.77. The molecule has 1 aromatic heterocycles. The summed E-state index contributed by atoms with van der Waals surface area (Å²) in [4.78, 5) is 15.5. The summed E-state index contributed by atoms with van der Waals surface area (Å²) in [6, 6.07) is 14.7. The number of hydrogen-bond donors (Lipinski definition) is 0. The molecule has 0 saturated heterocycles. The number of ether oxygens (including phenoxy) is 4. The van der Waals surface area contributed by atoms with E-state index in [1.807, 2.05) is 23.1 Å². The summed E-state index contributed by atoms with van der Waals surface area (Å²) in [5, 5.41) is 0.0352. The van der Waals surface area contributed by atoms with Crippen molar-refractivity contribution in [2.24, 2.45) is 0 Å². The summed E-state index contributed by atoms with van der Waals surface area (Å²) >= 11 is 0. The van der Waals surface area contributed by atoms with E-state index in [0.29, 0.717) is 35.8 Å². The van der Waals surface area contributed by atoms with Crippen molar-refractivity contribution >= 4 is 11.0 Å². The molecule has 1 aliphatic heterocycles. The number of fused-ring (bicyclic) bond motifs is 3. The second kappa shape index (κ2) is 10.5. The SMILES string of the molecule is COc1ccc(CCN2COc3ccc4c(=O)c(-c5ccccc5OC)c(C(F)(F)F)oc4c3C2)cc1OC. The monoisotopic (exact) mass is 541 g/mol. The quantitative estimate of drug-likeness (QED) is 0.289. The first-order valence-electron chi connectivity index (χ1n) is 12.1. The lowest BCUT2D eigenvalue weighted by Crippen LogP contribution is -2.34. The van der Waals surface area contributed by atoms with Gasteiger partial charge in [-0.3, -0.25) is 9.69 Å². The molecule has 0 unspecified atom stereocenters. The summed E-state index contributed by atoms with van der Waals surface area (Å²) < 4.78 is 70.1. The molecular formula is C29H26F3NO6. The number of rotatable bonds is 7. The van der Waals surface area contributed by atoms with Crippen molar-refractivity contribution in [2.75, 3.05) is 34.6 Å². The lowest BCUT2D eigenvalue weighted by molar-refractivity contribution is -0.152. The van der Waals surface area contributed by atoms with Crippen molar-refractivity contribution < 1.29 is 36.5 Å². The maximum absolute atomic E-state index is 14.3. The minimum absolute atomic E-state index is 0.00786. The van der Waals surface area contributed by atoms with Gasteiger partial charge in [0.1, 0.15) is 23.8 Å². The van der Waals surface area contributed by atoms with Crippen LogP contribution in [0.25, 0.3) is 22.1 Å². The van der Waals surface area contributed by atoms with Crippen LogP contribution in [0.15, 0.2) is 63.8 Å². The molecule has 0 spiro atoms. The molecule has 0 radical (unpaired) electrons. The maximum atomic E-state index is 14.3. The second-order valence-corrected chi connectivity index (χ2v) is 9.02. The Hall–Kier alpha value is -4.18. The van der Waals surface area contributed by atoms with Gasteiger partial charge in [-0.1, -0.05) is 24.3 Å². The van der Waals surface area contributed by atoms with Crippen LogP contribution in [0.2, 0.25) is 0 Å². The average molecular weight is 542 g/mol. The highest BCUT2D eigenvalue weighted by molar-refractivity contribution is 5.88. The molecule has 0 atom stereocenters. The van der Waals surface area contributed by atoms with Crippen LogP contribution in [0, 0.1) is 0 Å². The summed E-state index contributed by atoms with van der Waals surface area (Å²) in [7, 11) is 4.45. The van der Waals surface area contributed by atoms with Gasteiger partial charge in [-0.05, 0) is 42.3 Å². The maximum Gasteiger partial charge on any atom is 0.450 e. The van der Waals surface area contributed by atoms with E-state index in [2.05, 4.69) is 0 Å². The minimum Gasteiger partial charge on any atom is -0.496 e. The Bertz CT molecular complexity index is 1580. The Morgan fingerprint density at radius 2 is 1.67 bits per heavy atom. The number of alkyl halides is 3. The van der Waals surface area contributed by atoms with E-state index >= 15 is 0 Å². The van der Waals surface area contributed by atoms with E-state index < -0.39 is 22.9 Å². The molecule has 204 valence electrons. The number of methoxy groups -OCH3 is 3. The fourth-order valence-corrected chi connectivity index (χ4v) is 4.77. The first-order chi connectivity index (χ1) is 18.7. The Morgan fingerprint density at radius 3 is 2.38 bits per heavy atom. The van der Waals surface area contributed by atoms with E-state index in [-0.39, 0.29) is 35.6 Å². The van der Waals surface area contributed by atoms with Gasteiger partial charge in [-0.2, -0.15) is 13.2 Å². The summed E-state index contributed by atoms with van der Waals surface area (Å²) in [5.41, 5.74) is -0.135. The molecule has 4 aromatic rings. The van der Waals surface area contributed by atoms with Gasteiger partial charge in [0, 0.05) is 18.7 Å². The van der Waals surface area contributed by atoms with Crippen LogP contribution >= 0.6 is 0 Å². The van der Waals surface area contributed by atoms with Crippen molar-refractivity contribution in [3.05, 3.63) is 81.7 Å². The third-order valence-corrected chi connectivity index (χ3v) is 6.70. The predicted molar refractivity (Wildman–Crippen MR) is 139 cm³/mol. The van der Waals surface area contributed by atoms with Crippen LogP contribution < -0.4 is 24.4 Å². The molecule has 0 fully saturated rings. The van der Waals surface area contributed by atoms with Crippen molar-refractivity contribution in [1.82, 2.24) is 4.90 Å². The lowest BCUT2D eigenvalue weighted by atomic mass is 9.99. The zero-order valence-electron chi connectivity index (χ0n) is 21.6. The molecule has 0 amide bonds. The predicted octanol–water partition coefficient (Wildman–Crippen LogP) is 5.90. The zero-order valence-corrected chi connectivity index (χ0v) is 21.6. The van der Waals surface area contributed by atoms with Gasteiger partial charge < -0.3 is 23.4 Å². The molecule has 10 heteroatoms. The number of para-hydroxylation sites is 1. The fraction of sp³-hybridized carbons (Fsp3) is 0.276. The zero-order chi connectivity index (χ0) is 27.7. The van der Waals surface area contributed by atoms with Crippen LogP contribution in [-0.4, -0.2) is 39.5 Å². The Kier molecular flexibility index (Phi) is 7.14. The van der Waals surface area contributed by atoms with Crippen molar-refractivity contribution in [1.29, 1.82) is 0 Å². The normalized spacial score (nSPS) is 13.6. The smallest absolute Gasteiger partial charge is 0.450 e. The number of halogens is 3. The van der Waals surface area contributed by atoms with Crippen LogP contribution in [0.1, 0.15) is 16.9 Å². The molecule has 2 heterocycles. The van der Waals surface area contributed by atoms with Gasteiger partial charge in [0.25, 0.3) is 0 Å². The molecule has 5 rings (SSSR count). The Morgan fingerprint density at radius 1 is 0.923 bits per heavy atom. The number of nitrogens with zero attached hydrogens (tertiary/aromatic N) is 1. The van der Waals surface area contributed by atoms with Crippen LogP contribution in [-0.2, 0) is 19.1 Å². The van der Waals surface area contributed by atoms with Crippen LogP contribution in [0.5, 0.6) is 23.0 Å². The topological polar surface area (TPSA) is 70.4 Å². The highest BCUT2D eigenvalue weighted by Crippen LogP contribution is 2.42. The van der Waals surface area contributed by atoms with Crippen molar-refractivity contribution in [2.45, 2.75) is 19.1 Å². The lowest BCUT2D eigenvalue weighted by Gasteiger charge is -2.29. The highest BCUT2D eigenvalue weighted by Gasteiger charge is 2.40. The Labute approximate surface area is 222 Å². The van der Waals surface area contributed by atoms with Gasteiger partial charge in [-0.25, -0.2) is 0 Å². The van der Waals surface area contributed by atoms with E-state index in [4.69, 9.17) is 23.4 Å². The van der Waals surface area contributed by atoms with E-state index in [9.17, 15) is 18.0 Å². The molecule has 0 aliphatic carbocycles. The molecule has 0 saturated carbocycles. The van der Waals surface area contributed by atoms with Gasteiger partial charge in [0.15, 0.2) is 11.5 Å². The van der Waals surface area contributed by atoms with Gasteiger partial charge >= 0.3 is 6.18 Å². The third-order valence-electron chi connectivity index (χ3n) is 6.70. The van der Waals surface area contributed by atoms with Crippen molar-refractivity contribution in [3.8, 4) is 34.1 Å². The molecule has 0 N–H and O–H groups in total. The van der Waals surface area contributed by atoms with E-state index in [1.165, 1.54) is 25.3 Å². The van der Waals surface area contributed by atoms with Crippen LogP contribution in [0.3, 0.4) is 0 Å². The molecule has 39 heavy (non-hydrogen) atoms. The minimum atomic E-state index is -4.92. The van der Waals surface area contributed by atoms with Gasteiger partial charge in [0.05, 0.1) is 37.8 Å². The Balaban J connectivity index is 1.53. The highest BCUT2D eigenvalue weighted by atomic mass is 19.4. The molecular weight excluding hydrogens is 515 g/mol. The molecule has 1 aliphatic rings. The van der Waals surface area contributed by atoms with Crippen LogP contribution in [0.4, 0.5) is 13.2 Å². The second-order valence-electron chi connectivity index (χ2n) is 9.02. The molecule has 3 aromatic carbocycles. The first kappa shape index (κ1) is 26.4.